The molecule has 4 nitrogen and oxygen atoms in total. The van der Waals surface area contributed by atoms with E-state index in [9.17, 15) is 5.11 Å². The lowest BCUT2D eigenvalue weighted by Gasteiger charge is -2.21. The fraction of sp³-hybridized carbons (Fsp3) is 0.533. The van der Waals surface area contributed by atoms with Crippen LogP contribution in [0.15, 0.2) is 29.3 Å². The zero-order valence-electron chi connectivity index (χ0n) is 12.2. The number of hydrogen-bond acceptors (Lipinski definition) is 2. The summed E-state index contributed by atoms with van der Waals surface area (Å²) in [6.45, 7) is 6.69. The first-order chi connectivity index (χ1) is 9.17. The van der Waals surface area contributed by atoms with Crippen molar-refractivity contribution in [1.82, 2.24) is 10.2 Å². The molecule has 0 aliphatic carbocycles. The van der Waals surface area contributed by atoms with Gasteiger partial charge in [0.2, 0.25) is 0 Å². The molecule has 0 aliphatic rings. The lowest BCUT2D eigenvalue weighted by molar-refractivity contribution is 0.464. The number of aliphatic imine (C=N–C) groups is 1. The molecule has 0 saturated heterocycles. The molecule has 0 atom stereocenters. The molecule has 0 aliphatic heterocycles. The summed E-state index contributed by atoms with van der Waals surface area (Å²) in [6.07, 6.45) is 2.34. The van der Waals surface area contributed by atoms with Crippen molar-refractivity contribution in [2.75, 3.05) is 20.1 Å². The van der Waals surface area contributed by atoms with E-state index in [0.717, 1.165) is 31.0 Å². The van der Waals surface area contributed by atoms with Crippen LogP contribution in [0.2, 0.25) is 0 Å². The molecular weight excluding hydrogens is 238 g/mol. The molecule has 0 amide bonds. The predicted molar refractivity (Wildman–Crippen MR) is 80.5 cm³/mol. The van der Waals surface area contributed by atoms with E-state index in [1.165, 1.54) is 6.42 Å². The van der Waals surface area contributed by atoms with Gasteiger partial charge in [0.05, 0.1) is 6.54 Å². The number of guanidine groups is 1. The summed E-state index contributed by atoms with van der Waals surface area (Å²) in [5.74, 6) is 1.20. The first-order valence-electron chi connectivity index (χ1n) is 6.94. The molecule has 106 valence electrons. The van der Waals surface area contributed by atoms with Gasteiger partial charge in [0, 0.05) is 20.1 Å². The maximum Gasteiger partial charge on any atom is 0.193 e. The van der Waals surface area contributed by atoms with Crippen molar-refractivity contribution in [3.05, 3.63) is 29.8 Å². The van der Waals surface area contributed by atoms with E-state index in [1.807, 2.05) is 12.1 Å². The maximum absolute atomic E-state index is 9.43. The van der Waals surface area contributed by atoms with Crippen molar-refractivity contribution < 1.29 is 5.11 Å². The van der Waals surface area contributed by atoms with Gasteiger partial charge in [0.1, 0.15) is 5.75 Å². The average Bonchev–Trinajstić information content (AvgIpc) is 2.41. The highest BCUT2D eigenvalue weighted by atomic mass is 16.3. The van der Waals surface area contributed by atoms with Crippen LogP contribution >= 0.6 is 0 Å². The second-order valence-electron chi connectivity index (χ2n) is 4.62. The van der Waals surface area contributed by atoms with Crippen LogP contribution in [0.1, 0.15) is 32.3 Å². The normalized spacial score (nSPS) is 11.4. The second-order valence-corrected chi connectivity index (χ2v) is 4.62. The summed E-state index contributed by atoms with van der Waals surface area (Å²) in [5.41, 5.74) is 1.01. The van der Waals surface area contributed by atoms with Gasteiger partial charge in [0.25, 0.3) is 0 Å². The summed E-state index contributed by atoms with van der Waals surface area (Å²) in [7, 11) is 2.06. The Morgan fingerprint density at radius 1 is 1.37 bits per heavy atom. The molecule has 2 N–H and O–H groups in total. The molecule has 0 saturated carbocycles. The number of hydrogen-bond donors (Lipinski definition) is 2. The van der Waals surface area contributed by atoms with Crippen LogP contribution in [0.25, 0.3) is 0 Å². The standard InChI is InChI=1S/C15H25N3O/c1-4-6-10-18(3)15(16-5-2)17-12-13-8-7-9-14(19)11-13/h7-9,11,19H,4-6,10,12H2,1-3H3,(H,16,17). The average molecular weight is 263 g/mol. The summed E-state index contributed by atoms with van der Waals surface area (Å²) in [6, 6.07) is 7.23. The predicted octanol–water partition coefficient (Wildman–Crippen LogP) is 2.59. The Kier molecular flexibility index (Phi) is 6.79. The van der Waals surface area contributed by atoms with Crippen LogP contribution in [0, 0.1) is 0 Å². The topological polar surface area (TPSA) is 47.9 Å². The molecule has 0 heterocycles. The highest BCUT2D eigenvalue weighted by Gasteiger charge is 2.04. The molecule has 0 spiro atoms. The Morgan fingerprint density at radius 2 is 2.16 bits per heavy atom. The van der Waals surface area contributed by atoms with Crippen molar-refractivity contribution in [3.8, 4) is 5.75 Å². The monoisotopic (exact) mass is 263 g/mol. The molecule has 0 radical (unpaired) electrons. The van der Waals surface area contributed by atoms with Crippen molar-refractivity contribution in [2.24, 2.45) is 4.99 Å². The lowest BCUT2D eigenvalue weighted by Crippen LogP contribution is -2.39. The minimum atomic E-state index is 0.289. The van der Waals surface area contributed by atoms with E-state index in [0.29, 0.717) is 6.54 Å². The third-order valence-electron chi connectivity index (χ3n) is 2.87. The fourth-order valence-electron chi connectivity index (χ4n) is 1.79. The van der Waals surface area contributed by atoms with Gasteiger partial charge in [-0.2, -0.15) is 0 Å². The van der Waals surface area contributed by atoms with Gasteiger partial charge in [-0.05, 0) is 31.0 Å². The van der Waals surface area contributed by atoms with E-state index in [2.05, 4.69) is 36.1 Å². The first kappa shape index (κ1) is 15.3. The SMILES string of the molecule is CCCCN(C)C(=NCc1cccc(O)c1)NCC. The molecule has 4 heteroatoms. The Morgan fingerprint density at radius 3 is 2.79 bits per heavy atom. The maximum atomic E-state index is 9.43. The minimum Gasteiger partial charge on any atom is -0.508 e. The number of nitrogens with one attached hydrogen (secondary N) is 1. The van der Waals surface area contributed by atoms with Crippen LogP contribution < -0.4 is 5.32 Å². The number of rotatable bonds is 6. The van der Waals surface area contributed by atoms with Gasteiger partial charge in [-0.3, -0.25) is 0 Å². The number of phenolic OH excluding ortho intramolecular Hbond substituents is 1. The van der Waals surface area contributed by atoms with Crippen molar-refractivity contribution in [2.45, 2.75) is 33.2 Å². The molecule has 1 rings (SSSR count). The molecular formula is C15H25N3O. The zero-order valence-corrected chi connectivity index (χ0v) is 12.2. The van der Waals surface area contributed by atoms with Gasteiger partial charge in [-0.1, -0.05) is 25.5 Å². The van der Waals surface area contributed by atoms with E-state index in [1.54, 1.807) is 12.1 Å². The molecule has 0 bridgehead atoms. The molecule has 1 aromatic rings. The summed E-state index contributed by atoms with van der Waals surface area (Å²) in [5, 5.41) is 12.7. The summed E-state index contributed by atoms with van der Waals surface area (Å²) < 4.78 is 0. The third kappa shape index (κ3) is 5.64. The molecule has 0 unspecified atom stereocenters. The van der Waals surface area contributed by atoms with Crippen LogP contribution in [0.3, 0.4) is 0 Å². The number of aromatic hydroxyl groups is 1. The van der Waals surface area contributed by atoms with E-state index >= 15 is 0 Å². The summed E-state index contributed by atoms with van der Waals surface area (Å²) >= 11 is 0. The van der Waals surface area contributed by atoms with Gasteiger partial charge >= 0.3 is 0 Å². The zero-order chi connectivity index (χ0) is 14.1. The largest absolute Gasteiger partial charge is 0.508 e. The minimum absolute atomic E-state index is 0.289. The number of phenols is 1. The Bertz CT molecular complexity index is 404. The first-order valence-corrected chi connectivity index (χ1v) is 6.94. The van der Waals surface area contributed by atoms with Crippen LogP contribution in [-0.2, 0) is 6.54 Å². The Hall–Kier alpha value is -1.71. The van der Waals surface area contributed by atoms with Crippen molar-refractivity contribution in [1.29, 1.82) is 0 Å². The van der Waals surface area contributed by atoms with E-state index in [-0.39, 0.29) is 5.75 Å². The summed E-state index contributed by atoms with van der Waals surface area (Å²) in [4.78, 5) is 6.75. The fourth-order valence-corrected chi connectivity index (χ4v) is 1.79. The quantitative estimate of drug-likeness (QED) is 0.612. The van der Waals surface area contributed by atoms with Gasteiger partial charge < -0.3 is 15.3 Å². The molecule has 0 fully saturated rings. The molecule has 1 aromatic carbocycles. The molecule has 0 aromatic heterocycles. The van der Waals surface area contributed by atoms with Crippen molar-refractivity contribution >= 4 is 5.96 Å². The highest BCUT2D eigenvalue weighted by molar-refractivity contribution is 5.79. The number of nitrogens with zero attached hydrogens (tertiary/aromatic N) is 2. The number of benzene rings is 1. The lowest BCUT2D eigenvalue weighted by atomic mass is 10.2. The van der Waals surface area contributed by atoms with Crippen LogP contribution in [0.4, 0.5) is 0 Å². The van der Waals surface area contributed by atoms with Gasteiger partial charge in [-0.15, -0.1) is 0 Å². The van der Waals surface area contributed by atoms with Gasteiger partial charge in [-0.25, -0.2) is 4.99 Å². The van der Waals surface area contributed by atoms with Crippen LogP contribution in [-0.4, -0.2) is 36.1 Å². The van der Waals surface area contributed by atoms with Crippen LogP contribution in [0.5, 0.6) is 5.75 Å². The Balaban J connectivity index is 2.66. The smallest absolute Gasteiger partial charge is 0.193 e. The van der Waals surface area contributed by atoms with Gasteiger partial charge in [0.15, 0.2) is 5.96 Å². The molecule has 19 heavy (non-hydrogen) atoms. The second kappa shape index (κ2) is 8.40. The van der Waals surface area contributed by atoms with E-state index < -0.39 is 0 Å². The van der Waals surface area contributed by atoms with E-state index in [4.69, 9.17) is 0 Å². The Labute approximate surface area is 116 Å². The third-order valence-corrected chi connectivity index (χ3v) is 2.87. The van der Waals surface area contributed by atoms with Crippen molar-refractivity contribution in [3.63, 3.8) is 0 Å². The number of unbranched alkanes of at least 4 members (excludes halogenated alkanes) is 1. The highest BCUT2D eigenvalue weighted by Crippen LogP contribution is 2.11.